The number of likely N-dealkylation sites (N-methyl/N-ethyl adjacent to an activating group) is 1. The van der Waals surface area contributed by atoms with Gasteiger partial charge >= 0.3 is 6.18 Å². The largest absolute Gasteiger partial charge is 0.445 e. The molecule has 1 fully saturated rings. The van der Waals surface area contributed by atoms with Crippen LogP contribution in [0.5, 0.6) is 0 Å². The zero-order valence-electron chi connectivity index (χ0n) is 9.81. The highest BCUT2D eigenvalue weighted by Gasteiger charge is 2.37. The maximum absolute atomic E-state index is 12.4. The Labute approximate surface area is 106 Å². The van der Waals surface area contributed by atoms with Gasteiger partial charge in [0.05, 0.1) is 12.1 Å². The first kappa shape index (κ1) is 13.5. The molecule has 0 spiro atoms. The van der Waals surface area contributed by atoms with Crippen molar-refractivity contribution in [2.45, 2.75) is 44.0 Å². The molecule has 8 heteroatoms. The van der Waals surface area contributed by atoms with Crippen molar-refractivity contribution in [2.24, 2.45) is 0 Å². The summed E-state index contributed by atoms with van der Waals surface area (Å²) in [5.41, 5.74) is 0. The van der Waals surface area contributed by atoms with Crippen LogP contribution in [0, 0.1) is 0 Å². The second-order valence-electron chi connectivity index (χ2n) is 4.42. The highest BCUT2D eigenvalue weighted by Crippen LogP contribution is 2.35. The SMILES string of the molecule is CN(c1nnc(C(F)(F)F)s1)C1CCCCC1O. The van der Waals surface area contributed by atoms with Crippen LogP contribution < -0.4 is 4.90 Å². The van der Waals surface area contributed by atoms with Crippen molar-refractivity contribution >= 4 is 16.5 Å². The second kappa shape index (κ2) is 5.00. The molecule has 0 bridgehead atoms. The van der Waals surface area contributed by atoms with Gasteiger partial charge in [-0.05, 0) is 12.8 Å². The van der Waals surface area contributed by atoms with Gasteiger partial charge in [0.2, 0.25) is 10.1 Å². The first-order chi connectivity index (χ1) is 8.39. The fraction of sp³-hybridized carbons (Fsp3) is 0.800. The summed E-state index contributed by atoms with van der Waals surface area (Å²) < 4.78 is 37.3. The van der Waals surface area contributed by atoms with E-state index in [1.807, 2.05) is 0 Å². The maximum Gasteiger partial charge on any atom is 0.445 e. The molecule has 18 heavy (non-hydrogen) atoms. The Morgan fingerprint density at radius 1 is 1.28 bits per heavy atom. The molecule has 0 saturated heterocycles. The number of aromatic nitrogens is 2. The third-order valence-electron chi connectivity index (χ3n) is 3.15. The molecule has 1 aromatic heterocycles. The number of anilines is 1. The predicted molar refractivity (Wildman–Crippen MR) is 61.6 cm³/mol. The minimum absolute atomic E-state index is 0.173. The van der Waals surface area contributed by atoms with Crippen molar-refractivity contribution in [3.8, 4) is 0 Å². The standard InChI is InChI=1S/C10H14F3N3OS/c1-16(6-4-2-3-5-7(6)17)9-15-14-8(18-9)10(11,12)13/h6-7,17H,2-5H2,1H3. The Bertz CT molecular complexity index is 409. The highest BCUT2D eigenvalue weighted by molar-refractivity contribution is 7.15. The zero-order valence-corrected chi connectivity index (χ0v) is 10.6. The van der Waals surface area contributed by atoms with Gasteiger partial charge < -0.3 is 10.0 Å². The van der Waals surface area contributed by atoms with E-state index in [2.05, 4.69) is 10.2 Å². The van der Waals surface area contributed by atoms with E-state index in [0.29, 0.717) is 17.8 Å². The molecule has 1 aliphatic rings. The molecular weight excluding hydrogens is 267 g/mol. The van der Waals surface area contributed by atoms with Gasteiger partial charge in [0.1, 0.15) is 0 Å². The minimum atomic E-state index is -4.46. The van der Waals surface area contributed by atoms with Gasteiger partial charge in [0.15, 0.2) is 0 Å². The highest BCUT2D eigenvalue weighted by atomic mass is 32.1. The smallest absolute Gasteiger partial charge is 0.391 e. The van der Waals surface area contributed by atoms with Gasteiger partial charge in [0, 0.05) is 7.05 Å². The van der Waals surface area contributed by atoms with Crippen LogP contribution in [0.2, 0.25) is 0 Å². The predicted octanol–water partition coefficient (Wildman–Crippen LogP) is 2.30. The number of nitrogens with zero attached hydrogens (tertiary/aromatic N) is 3. The summed E-state index contributed by atoms with van der Waals surface area (Å²) in [5.74, 6) is 0. The summed E-state index contributed by atoms with van der Waals surface area (Å²) in [5, 5.41) is 15.8. The van der Waals surface area contributed by atoms with Crippen LogP contribution in [0.4, 0.5) is 18.3 Å². The van der Waals surface area contributed by atoms with E-state index in [9.17, 15) is 18.3 Å². The van der Waals surface area contributed by atoms with E-state index in [1.54, 1.807) is 11.9 Å². The van der Waals surface area contributed by atoms with E-state index in [0.717, 1.165) is 19.3 Å². The van der Waals surface area contributed by atoms with Crippen molar-refractivity contribution in [2.75, 3.05) is 11.9 Å². The van der Waals surface area contributed by atoms with Crippen molar-refractivity contribution in [1.29, 1.82) is 0 Å². The van der Waals surface area contributed by atoms with Crippen molar-refractivity contribution in [3.05, 3.63) is 5.01 Å². The number of aliphatic hydroxyl groups excluding tert-OH is 1. The molecule has 1 aromatic rings. The maximum atomic E-state index is 12.4. The molecule has 2 atom stereocenters. The molecule has 0 aromatic carbocycles. The lowest BCUT2D eigenvalue weighted by Crippen LogP contribution is -2.43. The van der Waals surface area contributed by atoms with Gasteiger partial charge in [0.25, 0.3) is 0 Å². The average molecular weight is 281 g/mol. The summed E-state index contributed by atoms with van der Waals surface area (Å²) in [7, 11) is 1.65. The molecule has 1 aliphatic carbocycles. The van der Waals surface area contributed by atoms with Gasteiger partial charge in [-0.25, -0.2) is 0 Å². The molecule has 0 radical (unpaired) electrons. The number of hydrogen-bond acceptors (Lipinski definition) is 5. The molecule has 1 N–H and O–H groups in total. The molecule has 0 aliphatic heterocycles. The molecule has 1 heterocycles. The second-order valence-corrected chi connectivity index (χ2v) is 5.37. The van der Waals surface area contributed by atoms with Crippen LogP contribution in [0.25, 0.3) is 0 Å². The van der Waals surface area contributed by atoms with Crippen LogP contribution >= 0.6 is 11.3 Å². The van der Waals surface area contributed by atoms with Crippen molar-refractivity contribution in [3.63, 3.8) is 0 Å². The third-order valence-corrected chi connectivity index (χ3v) is 4.21. The first-order valence-electron chi connectivity index (χ1n) is 5.71. The van der Waals surface area contributed by atoms with Crippen LogP contribution in [0.3, 0.4) is 0 Å². The molecule has 102 valence electrons. The molecule has 4 nitrogen and oxygen atoms in total. The van der Waals surface area contributed by atoms with Crippen molar-refractivity contribution in [1.82, 2.24) is 10.2 Å². The molecule has 0 amide bonds. The fourth-order valence-electron chi connectivity index (χ4n) is 2.16. The van der Waals surface area contributed by atoms with Gasteiger partial charge in [-0.15, -0.1) is 10.2 Å². The van der Waals surface area contributed by atoms with Crippen molar-refractivity contribution < 1.29 is 18.3 Å². The average Bonchev–Trinajstić information content (AvgIpc) is 2.77. The summed E-state index contributed by atoms with van der Waals surface area (Å²) in [6, 6.07) is -0.173. The minimum Gasteiger partial charge on any atom is -0.391 e. The first-order valence-corrected chi connectivity index (χ1v) is 6.53. The summed E-state index contributed by atoms with van der Waals surface area (Å²) >= 11 is 0.511. The Hall–Kier alpha value is -0.890. The lowest BCUT2D eigenvalue weighted by Gasteiger charge is -2.34. The van der Waals surface area contributed by atoms with Crippen LogP contribution in [0.15, 0.2) is 0 Å². The number of alkyl halides is 3. The topological polar surface area (TPSA) is 49.2 Å². The van der Waals surface area contributed by atoms with E-state index in [-0.39, 0.29) is 11.2 Å². The fourth-order valence-corrected chi connectivity index (χ4v) is 2.89. The summed E-state index contributed by atoms with van der Waals surface area (Å²) in [6.07, 6.45) is -1.60. The number of hydrogen-bond donors (Lipinski definition) is 1. The lowest BCUT2D eigenvalue weighted by molar-refractivity contribution is -0.138. The summed E-state index contributed by atoms with van der Waals surface area (Å²) in [4.78, 5) is 1.61. The van der Waals surface area contributed by atoms with E-state index in [1.165, 1.54) is 0 Å². The number of aliphatic hydroxyl groups is 1. The lowest BCUT2D eigenvalue weighted by atomic mass is 9.92. The van der Waals surface area contributed by atoms with Crippen LogP contribution in [-0.2, 0) is 6.18 Å². The zero-order chi connectivity index (χ0) is 13.3. The number of halogens is 3. The normalized spacial score (nSPS) is 25.2. The molecular formula is C10H14F3N3OS. The van der Waals surface area contributed by atoms with E-state index in [4.69, 9.17) is 0 Å². The quantitative estimate of drug-likeness (QED) is 0.903. The van der Waals surface area contributed by atoms with Crippen LogP contribution in [0.1, 0.15) is 30.7 Å². The van der Waals surface area contributed by atoms with E-state index >= 15 is 0 Å². The molecule has 2 rings (SSSR count). The summed E-state index contributed by atoms with van der Waals surface area (Å²) in [6.45, 7) is 0. The third kappa shape index (κ3) is 2.74. The number of rotatable bonds is 2. The Balaban J connectivity index is 2.13. The molecule has 1 saturated carbocycles. The van der Waals surface area contributed by atoms with Gasteiger partial charge in [-0.2, -0.15) is 13.2 Å². The van der Waals surface area contributed by atoms with Crippen LogP contribution in [-0.4, -0.2) is 34.5 Å². The molecule has 2 unspecified atom stereocenters. The Morgan fingerprint density at radius 2 is 1.94 bits per heavy atom. The van der Waals surface area contributed by atoms with E-state index < -0.39 is 17.3 Å². The van der Waals surface area contributed by atoms with Gasteiger partial charge in [-0.3, -0.25) is 0 Å². The van der Waals surface area contributed by atoms with Gasteiger partial charge in [-0.1, -0.05) is 24.2 Å². The Morgan fingerprint density at radius 3 is 2.50 bits per heavy atom. The Kier molecular flexibility index (Phi) is 3.76. The monoisotopic (exact) mass is 281 g/mol.